The highest BCUT2D eigenvalue weighted by Gasteiger charge is 2.19. The first-order valence-electron chi connectivity index (χ1n) is 10.7. The van der Waals surface area contributed by atoms with E-state index in [1.807, 2.05) is 35.4 Å². The molecule has 4 heterocycles. The summed E-state index contributed by atoms with van der Waals surface area (Å²) in [7, 11) is 0. The van der Waals surface area contributed by atoms with Crippen LogP contribution in [0.15, 0.2) is 43.2 Å². The van der Waals surface area contributed by atoms with Crippen LogP contribution >= 0.6 is 0 Å². The van der Waals surface area contributed by atoms with Gasteiger partial charge in [0.1, 0.15) is 0 Å². The summed E-state index contributed by atoms with van der Waals surface area (Å²) in [5.41, 5.74) is 4.83. The van der Waals surface area contributed by atoms with Crippen molar-refractivity contribution in [2.75, 3.05) is 0 Å². The zero-order chi connectivity index (χ0) is 19.8. The SMILES string of the molecule is CCC(CC)n1cc(-c2nc(-c3cnn(C4CCCC4)c3)cn3nccc23)cn1. The van der Waals surface area contributed by atoms with E-state index in [-0.39, 0.29) is 0 Å². The third-order valence-electron chi connectivity index (χ3n) is 6.18. The average molecular weight is 390 g/mol. The zero-order valence-corrected chi connectivity index (χ0v) is 17.1. The normalized spacial score (nSPS) is 15.1. The zero-order valence-electron chi connectivity index (χ0n) is 17.1. The molecule has 0 aliphatic heterocycles. The Hall–Kier alpha value is -2.96. The lowest BCUT2D eigenvalue weighted by Gasteiger charge is -2.12. The van der Waals surface area contributed by atoms with E-state index in [1.165, 1.54) is 25.7 Å². The van der Waals surface area contributed by atoms with Crippen LogP contribution in [0.1, 0.15) is 64.5 Å². The fraction of sp³-hybridized carbons (Fsp3) is 0.455. The molecule has 0 radical (unpaired) electrons. The minimum Gasteiger partial charge on any atom is -0.269 e. The van der Waals surface area contributed by atoms with E-state index in [9.17, 15) is 0 Å². The van der Waals surface area contributed by atoms with Crippen LogP contribution in [-0.2, 0) is 0 Å². The maximum absolute atomic E-state index is 5.01. The van der Waals surface area contributed by atoms with Crippen LogP contribution in [0, 0.1) is 0 Å². The minimum atomic E-state index is 0.414. The van der Waals surface area contributed by atoms with Crippen LogP contribution < -0.4 is 0 Å². The largest absolute Gasteiger partial charge is 0.269 e. The van der Waals surface area contributed by atoms with Crippen LogP contribution in [0.3, 0.4) is 0 Å². The van der Waals surface area contributed by atoms with Gasteiger partial charge in [-0.2, -0.15) is 15.3 Å². The van der Waals surface area contributed by atoms with Crippen LogP contribution in [0.25, 0.3) is 28.0 Å². The van der Waals surface area contributed by atoms with Gasteiger partial charge >= 0.3 is 0 Å². The van der Waals surface area contributed by atoms with Gasteiger partial charge in [-0.3, -0.25) is 9.36 Å². The fourth-order valence-electron chi connectivity index (χ4n) is 4.44. The molecular formula is C22H27N7. The van der Waals surface area contributed by atoms with Crippen molar-refractivity contribution in [1.82, 2.24) is 34.2 Å². The second kappa shape index (κ2) is 7.46. The van der Waals surface area contributed by atoms with Crippen molar-refractivity contribution in [3.05, 3.63) is 43.2 Å². The Bertz CT molecular complexity index is 1110. The molecule has 1 aliphatic rings. The fourth-order valence-corrected chi connectivity index (χ4v) is 4.44. The minimum absolute atomic E-state index is 0.414. The molecule has 0 amide bonds. The third kappa shape index (κ3) is 3.24. The predicted octanol–water partition coefficient (Wildman–Crippen LogP) is 4.93. The molecule has 29 heavy (non-hydrogen) atoms. The topological polar surface area (TPSA) is 65.8 Å². The Labute approximate surface area is 170 Å². The average Bonchev–Trinajstić information content (AvgIpc) is 3.55. The molecule has 7 nitrogen and oxygen atoms in total. The van der Waals surface area contributed by atoms with E-state index in [0.717, 1.165) is 40.9 Å². The first-order valence-corrected chi connectivity index (χ1v) is 10.7. The molecule has 0 spiro atoms. The summed E-state index contributed by atoms with van der Waals surface area (Å²) in [4.78, 5) is 5.01. The third-order valence-corrected chi connectivity index (χ3v) is 6.18. The molecule has 4 aromatic rings. The molecule has 0 aromatic carbocycles. The molecule has 1 aliphatic carbocycles. The lowest BCUT2D eigenvalue weighted by Crippen LogP contribution is -2.06. The highest BCUT2D eigenvalue weighted by Crippen LogP contribution is 2.31. The molecule has 0 saturated heterocycles. The first-order chi connectivity index (χ1) is 14.3. The highest BCUT2D eigenvalue weighted by molar-refractivity contribution is 5.78. The second-order valence-electron chi connectivity index (χ2n) is 7.96. The summed E-state index contributed by atoms with van der Waals surface area (Å²) in [5.74, 6) is 0. The van der Waals surface area contributed by atoms with Crippen LogP contribution in [-0.4, -0.2) is 34.2 Å². The quantitative estimate of drug-likeness (QED) is 0.469. The van der Waals surface area contributed by atoms with Crippen molar-refractivity contribution in [2.45, 2.75) is 64.5 Å². The van der Waals surface area contributed by atoms with Crippen LogP contribution in [0.5, 0.6) is 0 Å². The number of fused-ring (bicyclic) bond motifs is 1. The van der Waals surface area contributed by atoms with Crippen molar-refractivity contribution < 1.29 is 0 Å². The molecule has 0 N–H and O–H groups in total. The smallest absolute Gasteiger partial charge is 0.0999 e. The van der Waals surface area contributed by atoms with Gasteiger partial charge in [-0.15, -0.1) is 0 Å². The van der Waals surface area contributed by atoms with E-state index in [1.54, 1.807) is 0 Å². The van der Waals surface area contributed by atoms with Gasteiger partial charge in [-0.1, -0.05) is 26.7 Å². The van der Waals surface area contributed by atoms with Gasteiger partial charge in [0.15, 0.2) is 0 Å². The Morgan fingerprint density at radius 3 is 2.55 bits per heavy atom. The van der Waals surface area contributed by atoms with E-state index >= 15 is 0 Å². The van der Waals surface area contributed by atoms with Gasteiger partial charge in [0.25, 0.3) is 0 Å². The van der Waals surface area contributed by atoms with E-state index in [4.69, 9.17) is 4.98 Å². The highest BCUT2D eigenvalue weighted by atomic mass is 15.3. The number of nitrogens with zero attached hydrogens (tertiary/aromatic N) is 7. The van der Waals surface area contributed by atoms with Gasteiger partial charge in [0.2, 0.25) is 0 Å². The van der Waals surface area contributed by atoms with E-state index in [2.05, 4.69) is 50.9 Å². The first kappa shape index (κ1) is 18.1. The molecule has 0 atom stereocenters. The lowest BCUT2D eigenvalue weighted by atomic mass is 10.1. The molecule has 0 unspecified atom stereocenters. The summed E-state index contributed by atoms with van der Waals surface area (Å²) in [6, 6.07) is 2.94. The summed E-state index contributed by atoms with van der Waals surface area (Å²) in [6.07, 6.45) is 19.0. The number of hydrogen-bond acceptors (Lipinski definition) is 4. The molecule has 0 bridgehead atoms. The Morgan fingerprint density at radius 2 is 1.76 bits per heavy atom. The van der Waals surface area contributed by atoms with E-state index in [0.29, 0.717) is 12.1 Å². The number of hydrogen-bond donors (Lipinski definition) is 0. The monoisotopic (exact) mass is 389 g/mol. The lowest BCUT2D eigenvalue weighted by molar-refractivity contribution is 0.428. The second-order valence-corrected chi connectivity index (χ2v) is 7.96. The van der Waals surface area contributed by atoms with Gasteiger partial charge in [-0.25, -0.2) is 9.50 Å². The summed E-state index contributed by atoms with van der Waals surface area (Å²) in [5, 5.41) is 13.7. The van der Waals surface area contributed by atoms with Crippen LogP contribution in [0.4, 0.5) is 0 Å². The summed E-state index contributed by atoms with van der Waals surface area (Å²) in [6.45, 7) is 4.40. The van der Waals surface area contributed by atoms with Crippen molar-refractivity contribution >= 4 is 5.52 Å². The van der Waals surface area contributed by atoms with Crippen molar-refractivity contribution in [1.29, 1.82) is 0 Å². The summed E-state index contributed by atoms with van der Waals surface area (Å²) < 4.78 is 6.08. The Morgan fingerprint density at radius 1 is 0.966 bits per heavy atom. The van der Waals surface area contributed by atoms with Crippen LogP contribution in [0.2, 0.25) is 0 Å². The molecule has 4 aromatic heterocycles. The molecule has 5 rings (SSSR count). The number of rotatable bonds is 6. The van der Waals surface area contributed by atoms with Gasteiger partial charge in [0, 0.05) is 23.5 Å². The number of aromatic nitrogens is 7. The standard InChI is InChI=1S/C22H27N7/c1-3-18(4-2)27-14-17(12-25-27)22-21-9-10-23-29(21)15-20(26-22)16-11-24-28(13-16)19-7-5-6-8-19/h9-15,18-19H,3-8H2,1-2H3. The maximum atomic E-state index is 5.01. The van der Waals surface area contributed by atoms with Crippen molar-refractivity contribution in [2.24, 2.45) is 0 Å². The molecule has 7 heteroatoms. The molecular weight excluding hydrogens is 362 g/mol. The van der Waals surface area contributed by atoms with Crippen molar-refractivity contribution in [3.63, 3.8) is 0 Å². The van der Waals surface area contributed by atoms with Gasteiger partial charge < -0.3 is 0 Å². The van der Waals surface area contributed by atoms with Gasteiger partial charge in [-0.05, 0) is 31.7 Å². The molecule has 1 saturated carbocycles. The molecule has 150 valence electrons. The maximum Gasteiger partial charge on any atom is 0.0999 e. The van der Waals surface area contributed by atoms with Gasteiger partial charge in [0.05, 0.1) is 53.8 Å². The summed E-state index contributed by atoms with van der Waals surface area (Å²) >= 11 is 0. The van der Waals surface area contributed by atoms with E-state index < -0.39 is 0 Å². The Balaban J connectivity index is 1.56. The molecule has 1 fully saturated rings. The van der Waals surface area contributed by atoms with Crippen molar-refractivity contribution in [3.8, 4) is 22.5 Å². The Kier molecular flexibility index (Phi) is 4.66. The predicted molar refractivity (Wildman–Crippen MR) is 113 cm³/mol.